The standard InChI is InChI=1S/C22H22O5/c1-14-10-19-17(13-27-21(19)11-15(14)2)12-22(24)26-9-8-25-20-7-5-4-6-18(20)16(3)23/h4-7,10-11,13H,8-9,12H2,1-3H3. The number of rotatable bonds is 7. The van der Waals surface area contributed by atoms with Crippen LogP contribution in [-0.4, -0.2) is 25.0 Å². The molecule has 0 saturated carbocycles. The highest BCUT2D eigenvalue weighted by atomic mass is 16.6. The van der Waals surface area contributed by atoms with Gasteiger partial charge in [-0.3, -0.25) is 9.59 Å². The Morgan fingerprint density at radius 1 is 1.04 bits per heavy atom. The zero-order valence-corrected chi connectivity index (χ0v) is 15.7. The van der Waals surface area contributed by atoms with Gasteiger partial charge in [-0.25, -0.2) is 0 Å². The minimum atomic E-state index is -0.348. The van der Waals surface area contributed by atoms with Crippen LogP contribution in [0, 0.1) is 13.8 Å². The summed E-state index contributed by atoms with van der Waals surface area (Å²) in [5.41, 5.74) is 4.38. The van der Waals surface area contributed by atoms with Crippen molar-refractivity contribution in [3.63, 3.8) is 0 Å². The highest BCUT2D eigenvalue weighted by Gasteiger charge is 2.13. The van der Waals surface area contributed by atoms with E-state index in [1.54, 1.807) is 30.5 Å². The summed E-state index contributed by atoms with van der Waals surface area (Å²) in [5, 5.41) is 0.932. The average Bonchev–Trinajstić information content (AvgIpc) is 3.01. The fourth-order valence-corrected chi connectivity index (χ4v) is 2.87. The molecule has 5 heteroatoms. The second-order valence-electron chi connectivity index (χ2n) is 6.49. The van der Waals surface area contributed by atoms with Crippen molar-refractivity contribution in [2.75, 3.05) is 13.2 Å². The molecule has 3 aromatic rings. The molecule has 0 aliphatic heterocycles. The molecule has 27 heavy (non-hydrogen) atoms. The number of fused-ring (bicyclic) bond motifs is 1. The molecule has 0 bridgehead atoms. The molecular weight excluding hydrogens is 344 g/mol. The largest absolute Gasteiger partial charge is 0.489 e. The van der Waals surface area contributed by atoms with Gasteiger partial charge in [0.2, 0.25) is 0 Å². The number of ketones is 1. The predicted octanol–water partition coefficient (Wildman–Crippen LogP) is 4.42. The number of para-hydroxylation sites is 1. The molecule has 0 radical (unpaired) electrons. The van der Waals surface area contributed by atoms with Gasteiger partial charge in [-0.05, 0) is 56.2 Å². The highest BCUT2D eigenvalue weighted by molar-refractivity contribution is 5.96. The molecular formula is C22H22O5. The number of carbonyl (C=O) groups is 2. The molecule has 0 saturated heterocycles. The maximum absolute atomic E-state index is 12.1. The first-order chi connectivity index (χ1) is 13.0. The number of esters is 1. The van der Waals surface area contributed by atoms with Crippen molar-refractivity contribution in [3.05, 3.63) is 64.9 Å². The molecule has 0 amide bonds. The molecule has 0 aliphatic rings. The zero-order chi connectivity index (χ0) is 19.4. The third-order valence-corrected chi connectivity index (χ3v) is 4.48. The van der Waals surface area contributed by atoms with Crippen LogP contribution in [0.3, 0.4) is 0 Å². The molecule has 0 fully saturated rings. The van der Waals surface area contributed by atoms with Crippen molar-refractivity contribution in [2.45, 2.75) is 27.2 Å². The van der Waals surface area contributed by atoms with Crippen LogP contribution in [0.5, 0.6) is 5.75 Å². The van der Waals surface area contributed by atoms with Gasteiger partial charge in [-0.1, -0.05) is 12.1 Å². The van der Waals surface area contributed by atoms with E-state index in [1.807, 2.05) is 26.0 Å². The Hall–Kier alpha value is -3.08. The van der Waals surface area contributed by atoms with Crippen molar-refractivity contribution in [1.82, 2.24) is 0 Å². The lowest BCUT2D eigenvalue weighted by molar-refractivity contribution is -0.143. The van der Waals surface area contributed by atoms with Gasteiger partial charge in [-0.2, -0.15) is 0 Å². The molecule has 0 unspecified atom stereocenters. The van der Waals surface area contributed by atoms with E-state index in [2.05, 4.69) is 0 Å². The summed E-state index contributed by atoms with van der Waals surface area (Å²) in [5.74, 6) is 0.0760. The van der Waals surface area contributed by atoms with Crippen LogP contribution in [0.15, 0.2) is 47.1 Å². The molecule has 0 N–H and O–H groups in total. The van der Waals surface area contributed by atoms with Crippen molar-refractivity contribution in [2.24, 2.45) is 0 Å². The van der Waals surface area contributed by atoms with Crippen LogP contribution in [0.2, 0.25) is 0 Å². The Kier molecular flexibility index (Phi) is 5.60. The summed E-state index contributed by atoms with van der Waals surface area (Å²) in [6.45, 7) is 5.83. The van der Waals surface area contributed by atoms with E-state index < -0.39 is 0 Å². The summed E-state index contributed by atoms with van der Waals surface area (Å²) < 4.78 is 16.4. The van der Waals surface area contributed by atoms with Crippen LogP contribution in [0.4, 0.5) is 0 Å². The average molecular weight is 366 g/mol. The fourth-order valence-electron chi connectivity index (χ4n) is 2.87. The van der Waals surface area contributed by atoms with Gasteiger partial charge in [0.25, 0.3) is 0 Å². The van der Waals surface area contributed by atoms with Crippen molar-refractivity contribution >= 4 is 22.7 Å². The van der Waals surface area contributed by atoms with Gasteiger partial charge < -0.3 is 13.9 Å². The van der Waals surface area contributed by atoms with Gasteiger partial charge in [0.05, 0.1) is 18.2 Å². The maximum Gasteiger partial charge on any atom is 0.310 e. The lowest BCUT2D eigenvalue weighted by atomic mass is 10.0. The Balaban J connectivity index is 1.54. The summed E-state index contributed by atoms with van der Waals surface area (Å²) in [4.78, 5) is 23.7. The maximum atomic E-state index is 12.1. The van der Waals surface area contributed by atoms with E-state index in [4.69, 9.17) is 13.9 Å². The fraction of sp³-hybridized carbons (Fsp3) is 0.273. The normalized spacial score (nSPS) is 10.8. The van der Waals surface area contributed by atoms with Gasteiger partial charge in [0.1, 0.15) is 24.5 Å². The van der Waals surface area contributed by atoms with Crippen molar-refractivity contribution in [1.29, 1.82) is 0 Å². The smallest absolute Gasteiger partial charge is 0.310 e. The second-order valence-corrected chi connectivity index (χ2v) is 6.49. The minimum absolute atomic E-state index is 0.0695. The first-order valence-corrected chi connectivity index (χ1v) is 8.81. The van der Waals surface area contributed by atoms with E-state index in [-0.39, 0.29) is 31.4 Å². The summed E-state index contributed by atoms with van der Waals surface area (Å²) >= 11 is 0. The first-order valence-electron chi connectivity index (χ1n) is 8.81. The first kappa shape index (κ1) is 18.7. The lowest BCUT2D eigenvalue weighted by Gasteiger charge is -2.10. The number of Topliss-reactive ketones (excluding diaryl/α,β-unsaturated/α-hetero) is 1. The third-order valence-electron chi connectivity index (χ3n) is 4.48. The SMILES string of the molecule is CC(=O)c1ccccc1OCCOC(=O)Cc1coc2cc(C)c(C)cc12. The van der Waals surface area contributed by atoms with Crippen molar-refractivity contribution in [3.8, 4) is 5.75 Å². The van der Waals surface area contributed by atoms with Gasteiger partial charge in [0.15, 0.2) is 5.78 Å². The second kappa shape index (κ2) is 8.08. The van der Waals surface area contributed by atoms with Crippen LogP contribution in [0.1, 0.15) is 34.0 Å². The van der Waals surface area contributed by atoms with Crippen LogP contribution in [0.25, 0.3) is 11.0 Å². The Labute approximate surface area is 157 Å². The van der Waals surface area contributed by atoms with Gasteiger partial charge >= 0.3 is 5.97 Å². The number of hydrogen-bond donors (Lipinski definition) is 0. The van der Waals surface area contributed by atoms with E-state index in [0.29, 0.717) is 11.3 Å². The van der Waals surface area contributed by atoms with Crippen molar-refractivity contribution < 1.29 is 23.5 Å². The summed E-state index contributed by atoms with van der Waals surface area (Å²) in [7, 11) is 0. The minimum Gasteiger partial charge on any atom is -0.489 e. The highest BCUT2D eigenvalue weighted by Crippen LogP contribution is 2.25. The Bertz CT molecular complexity index is 984. The van der Waals surface area contributed by atoms with E-state index in [9.17, 15) is 9.59 Å². The number of aryl methyl sites for hydroxylation is 2. The zero-order valence-electron chi connectivity index (χ0n) is 15.7. The predicted molar refractivity (Wildman–Crippen MR) is 102 cm³/mol. The quantitative estimate of drug-likeness (QED) is 0.352. The van der Waals surface area contributed by atoms with Gasteiger partial charge in [0, 0.05) is 10.9 Å². The molecule has 140 valence electrons. The number of ether oxygens (including phenoxy) is 2. The lowest BCUT2D eigenvalue weighted by Crippen LogP contribution is -2.14. The van der Waals surface area contributed by atoms with Crippen LogP contribution in [-0.2, 0) is 16.0 Å². The molecule has 0 atom stereocenters. The third kappa shape index (κ3) is 4.37. The summed E-state index contributed by atoms with van der Waals surface area (Å²) in [6.07, 6.45) is 1.74. The Morgan fingerprint density at radius 2 is 1.78 bits per heavy atom. The molecule has 2 aromatic carbocycles. The number of hydrogen-bond acceptors (Lipinski definition) is 5. The molecule has 5 nitrogen and oxygen atoms in total. The number of furan rings is 1. The van der Waals surface area contributed by atoms with E-state index in [1.165, 1.54) is 6.92 Å². The van der Waals surface area contributed by atoms with Gasteiger partial charge in [-0.15, -0.1) is 0 Å². The topological polar surface area (TPSA) is 65.7 Å². The molecule has 0 spiro atoms. The van der Waals surface area contributed by atoms with Crippen LogP contribution < -0.4 is 4.74 Å². The number of carbonyl (C=O) groups excluding carboxylic acids is 2. The van der Waals surface area contributed by atoms with E-state index >= 15 is 0 Å². The molecule has 1 aromatic heterocycles. The van der Waals surface area contributed by atoms with Crippen LogP contribution >= 0.6 is 0 Å². The summed E-state index contributed by atoms with van der Waals surface area (Å²) in [6, 6.07) is 11.0. The molecule has 0 aliphatic carbocycles. The molecule has 1 heterocycles. The Morgan fingerprint density at radius 3 is 2.56 bits per heavy atom. The number of benzene rings is 2. The monoisotopic (exact) mass is 366 g/mol. The van der Waals surface area contributed by atoms with E-state index in [0.717, 1.165) is 27.7 Å². The molecule has 3 rings (SSSR count).